The standard InChI is InChI=1S/C12H12N2.2C7H7NO3/c13-11-5-1-9(2-6-11)10-3-7-12(14)8-4-10;2*8-4-1-2-6(9)5(3-4)7(10)11/h1-8H,13-14H2;2*1-3,9H,8H2,(H,10,11). The van der Waals surface area contributed by atoms with Crippen LogP contribution in [-0.4, -0.2) is 32.4 Å². The number of nitrogens with two attached hydrogens (primary N) is 4. The summed E-state index contributed by atoms with van der Waals surface area (Å²) in [6.45, 7) is 0. The number of benzene rings is 4. The second kappa shape index (κ2) is 12.2. The molecule has 0 heterocycles. The lowest BCUT2D eigenvalue weighted by Gasteiger charge is -2.02. The van der Waals surface area contributed by atoms with Crippen LogP contribution in [0.3, 0.4) is 0 Å². The number of aromatic carboxylic acids is 2. The summed E-state index contributed by atoms with van der Waals surface area (Å²) in [7, 11) is 0. The molecule has 12 N–H and O–H groups in total. The van der Waals surface area contributed by atoms with Crippen LogP contribution in [0.1, 0.15) is 20.7 Å². The smallest absolute Gasteiger partial charge is 0.339 e. The molecule has 36 heavy (non-hydrogen) atoms. The highest BCUT2D eigenvalue weighted by atomic mass is 16.4. The van der Waals surface area contributed by atoms with Crippen molar-refractivity contribution in [1.82, 2.24) is 0 Å². The monoisotopic (exact) mass is 490 g/mol. The Bertz CT molecular complexity index is 1230. The van der Waals surface area contributed by atoms with Crippen molar-refractivity contribution >= 4 is 34.7 Å². The van der Waals surface area contributed by atoms with Gasteiger partial charge in [0, 0.05) is 22.7 Å². The van der Waals surface area contributed by atoms with E-state index in [1.807, 2.05) is 48.5 Å². The molecule has 4 aromatic carbocycles. The van der Waals surface area contributed by atoms with E-state index in [-0.39, 0.29) is 22.6 Å². The van der Waals surface area contributed by atoms with E-state index in [4.69, 9.17) is 43.4 Å². The summed E-state index contributed by atoms with van der Waals surface area (Å²) in [6.07, 6.45) is 0. The minimum atomic E-state index is -1.19. The van der Waals surface area contributed by atoms with Crippen molar-refractivity contribution in [3.63, 3.8) is 0 Å². The molecule has 0 bridgehead atoms. The topological polar surface area (TPSA) is 219 Å². The van der Waals surface area contributed by atoms with E-state index >= 15 is 0 Å². The zero-order chi connectivity index (χ0) is 26.8. The molecule has 10 nitrogen and oxygen atoms in total. The molecular weight excluding hydrogens is 464 g/mol. The zero-order valence-corrected chi connectivity index (χ0v) is 19.0. The quantitative estimate of drug-likeness (QED) is 0.153. The molecule has 0 saturated heterocycles. The summed E-state index contributed by atoms with van der Waals surface area (Å²) in [5, 5.41) is 34.9. The number of hydrogen-bond acceptors (Lipinski definition) is 8. The first-order chi connectivity index (χ1) is 17.0. The number of carboxylic acids is 2. The first kappa shape index (κ1) is 26.9. The van der Waals surface area contributed by atoms with Crippen molar-refractivity contribution in [2.24, 2.45) is 0 Å². The first-order valence-corrected chi connectivity index (χ1v) is 10.3. The highest BCUT2D eigenvalue weighted by molar-refractivity contribution is 5.92. The molecule has 0 spiro atoms. The van der Waals surface area contributed by atoms with E-state index < -0.39 is 11.9 Å². The highest BCUT2D eigenvalue weighted by Gasteiger charge is 2.09. The summed E-state index contributed by atoms with van der Waals surface area (Å²) >= 11 is 0. The number of aromatic hydroxyl groups is 2. The van der Waals surface area contributed by atoms with Crippen molar-refractivity contribution in [3.8, 4) is 22.6 Å². The summed E-state index contributed by atoms with van der Waals surface area (Å²) in [4.78, 5) is 20.7. The Hall–Kier alpha value is -5.38. The van der Waals surface area contributed by atoms with Crippen LogP contribution in [0.25, 0.3) is 11.1 Å². The average molecular weight is 491 g/mol. The van der Waals surface area contributed by atoms with Crippen molar-refractivity contribution in [3.05, 3.63) is 96.1 Å². The van der Waals surface area contributed by atoms with Gasteiger partial charge in [-0.15, -0.1) is 0 Å². The van der Waals surface area contributed by atoms with Gasteiger partial charge >= 0.3 is 11.9 Å². The van der Waals surface area contributed by atoms with E-state index in [1.54, 1.807) is 0 Å². The summed E-state index contributed by atoms with van der Waals surface area (Å²) in [5.74, 6) is -2.91. The summed E-state index contributed by atoms with van der Waals surface area (Å²) in [6, 6.07) is 23.4. The van der Waals surface area contributed by atoms with Crippen LogP contribution in [0.5, 0.6) is 11.5 Å². The van der Waals surface area contributed by atoms with Gasteiger partial charge in [0.1, 0.15) is 22.6 Å². The molecule has 0 aromatic heterocycles. The number of nitrogen functional groups attached to an aromatic ring is 4. The van der Waals surface area contributed by atoms with Gasteiger partial charge in [-0.25, -0.2) is 9.59 Å². The number of rotatable bonds is 3. The first-order valence-electron chi connectivity index (χ1n) is 10.3. The SMILES string of the molecule is Nc1ccc(-c2ccc(N)cc2)cc1.Nc1ccc(O)c(C(=O)O)c1.Nc1ccc(O)c(C(=O)O)c1. The number of carbonyl (C=O) groups is 2. The van der Waals surface area contributed by atoms with Crippen LogP contribution in [0.15, 0.2) is 84.9 Å². The Morgan fingerprint density at radius 3 is 1.00 bits per heavy atom. The van der Waals surface area contributed by atoms with Gasteiger partial charge < -0.3 is 43.4 Å². The fourth-order valence-electron chi connectivity index (χ4n) is 2.80. The number of carboxylic acid groups (broad SMARTS) is 2. The fourth-order valence-corrected chi connectivity index (χ4v) is 2.80. The van der Waals surface area contributed by atoms with Crippen LogP contribution in [0.4, 0.5) is 22.7 Å². The second-order valence-corrected chi connectivity index (χ2v) is 7.41. The van der Waals surface area contributed by atoms with Gasteiger partial charge in [0.15, 0.2) is 0 Å². The minimum absolute atomic E-state index is 0.176. The molecule has 0 aliphatic rings. The number of phenols is 2. The van der Waals surface area contributed by atoms with E-state index in [0.717, 1.165) is 22.5 Å². The van der Waals surface area contributed by atoms with Crippen LogP contribution in [0, 0.1) is 0 Å². The van der Waals surface area contributed by atoms with Crippen LogP contribution in [0.2, 0.25) is 0 Å². The normalized spacial score (nSPS) is 9.67. The maximum absolute atomic E-state index is 10.4. The number of hydrogen-bond donors (Lipinski definition) is 8. The van der Waals surface area contributed by atoms with Crippen molar-refractivity contribution < 1.29 is 30.0 Å². The second-order valence-electron chi connectivity index (χ2n) is 7.41. The van der Waals surface area contributed by atoms with Gasteiger partial charge in [-0.2, -0.15) is 0 Å². The van der Waals surface area contributed by atoms with Crippen molar-refractivity contribution in [2.75, 3.05) is 22.9 Å². The lowest BCUT2D eigenvalue weighted by molar-refractivity contribution is 0.0682. The van der Waals surface area contributed by atoms with Gasteiger partial charge in [0.05, 0.1) is 0 Å². The van der Waals surface area contributed by atoms with Crippen LogP contribution < -0.4 is 22.9 Å². The average Bonchev–Trinajstić information content (AvgIpc) is 2.84. The Morgan fingerprint density at radius 2 is 0.750 bits per heavy atom. The predicted octanol–water partition coefficient (Wildman–Crippen LogP) is 3.86. The van der Waals surface area contributed by atoms with Crippen molar-refractivity contribution in [2.45, 2.75) is 0 Å². The molecule has 0 atom stereocenters. The molecule has 4 aromatic rings. The molecule has 10 heteroatoms. The third kappa shape index (κ3) is 7.89. The van der Waals surface area contributed by atoms with Crippen LogP contribution in [-0.2, 0) is 0 Å². The zero-order valence-electron chi connectivity index (χ0n) is 19.0. The van der Waals surface area contributed by atoms with E-state index in [2.05, 4.69) is 0 Å². The molecular formula is C26H26N4O6. The molecule has 0 unspecified atom stereocenters. The number of anilines is 4. The highest BCUT2D eigenvalue weighted by Crippen LogP contribution is 2.22. The third-order valence-corrected chi connectivity index (χ3v) is 4.66. The largest absolute Gasteiger partial charge is 0.507 e. The Balaban J connectivity index is 0.000000193. The van der Waals surface area contributed by atoms with Crippen molar-refractivity contribution in [1.29, 1.82) is 0 Å². The molecule has 0 amide bonds. The maximum Gasteiger partial charge on any atom is 0.339 e. The molecule has 0 radical (unpaired) electrons. The van der Waals surface area contributed by atoms with Gasteiger partial charge in [0.2, 0.25) is 0 Å². The summed E-state index contributed by atoms with van der Waals surface area (Å²) in [5.41, 5.74) is 26.0. The molecule has 0 fully saturated rings. The predicted molar refractivity (Wildman–Crippen MR) is 140 cm³/mol. The lowest BCUT2D eigenvalue weighted by Crippen LogP contribution is -1.97. The Labute approximate surface area is 206 Å². The molecule has 0 saturated carbocycles. The molecule has 186 valence electrons. The third-order valence-electron chi connectivity index (χ3n) is 4.66. The lowest BCUT2D eigenvalue weighted by atomic mass is 10.1. The molecule has 4 rings (SSSR count). The summed E-state index contributed by atoms with van der Waals surface area (Å²) < 4.78 is 0. The van der Waals surface area contributed by atoms with Crippen LogP contribution >= 0.6 is 0 Å². The van der Waals surface area contributed by atoms with Gasteiger partial charge in [0.25, 0.3) is 0 Å². The molecule has 0 aliphatic carbocycles. The van der Waals surface area contributed by atoms with Gasteiger partial charge in [-0.05, 0) is 71.8 Å². The van der Waals surface area contributed by atoms with E-state index in [0.29, 0.717) is 11.4 Å². The minimum Gasteiger partial charge on any atom is -0.507 e. The Morgan fingerprint density at radius 1 is 0.472 bits per heavy atom. The molecule has 0 aliphatic heterocycles. The van der Waals surface area contributed by atoms with E-state index in [1.165, 1.54) is 36.4 Å². The Kier molecular flexibility index (Phi) is 9.10. The van der Waals surface area contributed by atoms with Gasteiger partial charge in [-0.3, -0.25) is 0 Å². The van der Waals surface area contributed by atoms with E-state index in [9.17, 15) is 9.59 Å². The fraction of sp³-hybridized carbons (Fsp3) is 0. The maximum atomic E-state index is 10.4. The van der Waals surface area contributed by atoms with Gasteiger partial charge in [-0.1, -0.05) is 24.3 Å².